The zero-order chi connectivity index (χ0) is 11.4. The molecule has 15 heavy (non-hydrogen) atoms. The molecule has 0 heterocycles. The van der Waals surface area contributed by atoms with Crippen LogP contribution in [-0.2, 0) is 0 Å². The largest absolute Gasteiger partial charge is 0.392 e. The van der Waals surface area contributed by atoms with E-state index in [1.54, 1.807) is 18.2 Å². The molecule has 0 saturated heterocycles. The molecule has 0 aliphatic carbocycles. The first kappa shape index (κ1) is 12.4. The summed E-state index contributed by atoms with van der Waals surface area (Å²) in [5.41, 5.74) is 5.65. The van der Waals surface area contributed by atoms with Gasteiger partial charge < -0.3 is 11.1 Å². The molecular weight excluding hydrogens is 300 g/mol. The molecule has 1 rings (SSSR count). The van der Waals surface area contributed by atoms with Gasteiger partial charge >= 0.3 is 0 Å². The normalized spacial score (nSPS) is 9.73. The lowest BCUT2D eigenvalue weighted by Crippen LogP contribution is -2.32. The minimum absolute atomic E-state index is 0.164. The Balaban J connectivity index is 2.82. The van der Waals surface area contributed by atoms with Crippen molar-refractivity contribution in [3.63, 3.8) is 0 Å². The Labute approximate surface area is 106 Å². The monoisotopic (exact) mass is 306 g/mol. The number of thiocarbonyl (C=S) groups is 1. The third-order valence-electron chi connectivity index (χ3n) is 1.62. The molecule has 1 aromatic carbocycles. The molecule has 0 spiro atoms. The van der Waals surface area contributed by atoms with Crippen LogP contribution in [0.2, 0.25) is 5.02 Å². The van der Waals surface area contributed by atoms with Gasteiger partial charge in [0.25, 0.3) is 5.91 Å². The van der Waals surface area contributed by atoms with Crippen LogP contribution in [0, 0.1) is 0 Å². The molecule has 0 saturated carbocycles. The number of nitrogens with one attached hydrogen (secondary N) is 1. The molecule has 80 valence electrons. The van der Waals surface area contributed by atoms with Gasteiger partial charge in [0, 0.05) is 4.47 Å². The number of carbonyl (C=O) groups is 1. The van der Waals surface area contributed by atoms with Gasteiger partial charge in [0.2, 0.25) is 0 Å². The van der Waals surface area contributed by atoms with Crippen molar-refractivity contribution in [3.05, 3.63) is 33.3 Å². The molecule has 0 bridgehead atoms. The summed E-state index contributed by atoms with van der Waals surface area (Å²) in [6.45, 7) is 0.164. The Morgan fingerprint density at radius 2 is 2.27 bits per heavy atom. The Morgan fingerprint density at radius 1 is 1.60 bits per heavy atom. The van der Waals surface area contributed by atoms with E-state index in [1.807, 2.05) is 0 Å². The second kappa shape index (κ2) is 5.44. The van der Waals surface area contributed by atoms with Gasteiger partial charge in [-0.2, -0.15) is 0 Å². The summed E-state index contributed by atoms with van der Waals surface area (Å²) in [5, 5.41) is 2.93. The predicted molar refractivity (Wildman–Crippen MR) is 68.3 cm³/mol. The third kappa shape index (κ3) is 3.44. The first-order chi connectivity index (χ1) is 7.02. The van der Waals surface area contributed by atoms with Gasteiger partial charge in [0.1, 0.15) is 0 Å². The fourth-order valence-electron chi connectivity index (χ4n) is 0.942. The van der Waals surface area contributed by atoms with Gasteiger partial charge in [-0.05, 0) is 28.1 Å². The Hall–Kier alpha value is -0.650. The van der Waals surface area contributed by atoms with Crippen molar-refractivity contribution in [2.45, 2.75) is 0 Å². The summed E-state index contributed by atoms with van der Waals surface area (Å²) < 4.78 is 0.673. The maximum absolute atomic E-state index is 11.6. The summed E-state index contributed by atoms with van der Waals surface area (Å²) in [6.07, 6.45) is 0. The highest BCUT2D eigenvalue weighted by Crippen LogP contribution is 2.25. The van der Waals surface area contributed by atoms with Gasteiger partial charge in [0.05, 0.1) is 22.1 Å². The van der Waals surface area contributed by atoms with Crippen molar-refractivity contribution in [2.24, 2.45) is 5.73 Å². The van der Waals surface area contributed by atoms with Crippen LogP contribution < -0.4 is 11.1 Å². The van der Waals surface area contributed by atoms with Crippen molar-refractivity contribution < 1.29 is 4.79 Å². The predicted octanol–water partition coefficient (Wildman–Crippen LogP) is 2.12. The van der Waals surface area contributed by atoms with E-state index in [9.17, 15) is 4.79 Å². The summed E-state index contributed by atoms with van der Waals surface area (Å²) in [5.74, 6) is -0.297. The average molecular weight is 308 g/mol. The van der Waals surface area contributed by atoms with Crippen molar-refractivity contribution in [1.29, 1.82) is 0 Å². The van der Waals surface area contributed by atoms with Crippen molar-refractivity contribution in [3.8, 4) is 0 Å². The Bertz CT molecular complexity index is 411. The van der Waals surface area contributed by atoms with Crippen LogP contribution >= 0.6 is 39.7 Å². The first-order valence-corrected chi connectivity index (χ1v) is 5.61. The van der Waals surface area contributed by atoms with E-state index >= 15 is 0 Å². The van der Waals surface area contributed by atoms with E-state index in [2.05, 4.69) is 33.5 Å². The smallest absolute Gasteiger partial charge is 0.253 e. The van der Waals surface area contributed by atoms with E-state index in [1.165, 1.54) is 0 Å². The van der Waals surface area contributed by atoms with Crippen LogP contribution in [0.25, 0.3) is 0 Å². The fraction of sp³-hybridized carbons (Fsp3) is 0.111. The summed E-state index contributed by atoms with van der Waals surface area (Å²) >= 11 is 13.8. The van der Waals surface area contributed by atoms with E-state index < -0.39 is 0 Å². The second-order valence-electron chi connectivity index (χ2n) is 2.75. The second-order valence-corrected chi connectivity index (χ2v) is 4.51. The minimum Gasteiger partial charge on any atom is -0.392 e. The molecule has 0 atom stereocenters. The molecule has 0 fully saturated rings. The van der Waals surface area contributed by atoms with Crippen LogP contribution in [0.1, 0.15) is 10.4 Å². The number of rotatable bonds is 3. The van der Waals surface area contributed by atoms with Gasteiger partial charge in [0.15, 0.2) is 0 Å². The highest BCUT2D eigenvalue weighted by atomic mass is 79.9. The average Bonchev–Trinajstić information content (AvgIpc) is 2.18. The van der Waals surface area contributed by atoms with E-state index in [4.69, 9.17) is 17.3 Å². The van der Waals surface area contributed by atoms with Gasteiger partial charge in [-0.15, -0.1) is 0 Å². The molecule has 3 N–H and O–H groups in total. The first-order valence-electron chi connectivity index (χ1n) is 4.03. The molecule has 3 nitrogen and oxygen atoms in total. The third-order valence-corrected chi connectivity index (χ3v) is 3.06. The Kier molecular flexibility index (Phi) is 4.50. The quantitative estimate of drug-likeness (QED) is 0.841. The minimum atomic E-state index is -0.297. The number of halogens is 2. The highest BCUT2D eigenvalue weighted by Gasteiger charge is 2.11. The highest BCUT2D eigenvalue weighted by molar-refractivity contribution is 9.10. The number of benzene rings is 1. The molecule has 1 aromatic rings. The number of hydrogen-bond acceptors (Lipinski definition) is 2. The molecule has 6 heteroatoms. The zero-order valence-electron chi connectivity index (χ0n) is 7.59. The number of carbonyl (C=O) groups excluding carboxylic acids is 1. The molecule has 0 unspecified atom stereocenters. The van der Waals surface area contributed by atoms with Crippen molar-refractivity contribution >= 4 is 50.6 Å². The summed E-state index contributed by atoms with van der Waals surface area (Å²) in [4.78, 5) is 11.8. The van der Waals surface area contributed by atoms with Gasteiger partial charge in [-0.3, -0.25) is 4.79 Å². The number of nitrogens with two attached hydrogens (primary N) is 1. The van der Waals surface area contributed by atoms with Crippen LogP contribution in [-0.4, -0.2) is 17.4 Å². The van der Waals surface area contributed by atoms with Crippen LogP contribution in [0.4, 0.5) is 0 Å². The topological polar surface area (TPSA) is 55.1 Å². The maximum atomic E-state index is 11.6. The standard InChI is InChI=1S/C9H8BrClN2OS/c10-6-3-1-2-5(8(6)11)9(14)13-4-7(12)15/h1-3H,4H2,(H2,12,15)(H,13,14). The van der Waals surface area contributed by atoms with E-state index in [0.29, 0.717) is 15.1 Å². The van der Waals surface area contributed by atoms with Crippen LogP contribution in [0.5, 0.6) is 0 Å². The lowest BCUT2D eigenvalue weighted by Gasteiger charge is -2.06. The molecule has 0 aromatic heterocycles. The lowest BCUT2D eigenvalue weighted by molar-refractivity contribution is 0.0959. The summed E-state index contributed by atoms with van der Waals surface area (Å²) in [7, 11) is 0. The SMILES string of the molecule is NC(=S)CNC(=O)c1cccc(Br)c1Cl. The summed E-state index contributed by atoms with van der Waals surface area (Å²) in [6, 6.07) is 5.11. The van der Waals surface area contributed by atoms with E-state index in [-0.39, 0.29) is 17.4 Å². The Morgan fingerprint density at radius 3 is 2.87 bits per heavy atom. The fourth-order valence-corrected chi connectivity index (χ4v) is 1.59. The molecule has 0 aliphatic rings. The van der Waals surface area contributed by atoms with E-state index in [0.717, 1.165) is 0 Å². The molecule has 0 aliphatic heterocycles. The molecular formula is C9H8BrClN2OS. The lowest BCUT2D eigenvalue weighted by atomic mass is 10.2. The zero-order valence-corrected chi connectivity index (χ0v) is 10.7. The van der Waals surface area contributed by atoms with Gasteiger partial charge in [-0.1, -0.05) is 29.9 Å². The molecule has 0 radical (unpaired) electrons. The maximum Gasteiger partial charge on any atom is 0.253 e. The molecule has 1 amide bonds. The number of amides is 1. The van der Waals surface area contributed by atoms with Crippen LogP contribution in [0.3, 0.4) is 0 Å². The van der Waals surface area contributed by atoms with Gasteiger partial charge in [-0.25, -0.2) is 0 Å². The number of hydrogen-bond donors (Lipinski definition) is 2. The van der Waals surface area contributed by atoms with Crippen molar-refractivity contribution in [1.82, 2.24) is 5.32 Å². The van der Waals surface area contributed by atoms with Crippen LogP contribution in [0.15, 0.2) is 22.7 Å². The van der Waals surface area contributed by atoms with Crippen molar-refractivity contribution in [2.75, 3.05) is 6.54 Å².